The van der Waals surface area contributed by atoms with Crippen LogP contribution in [0, 0.1) is 0 Å². The van der Waals surface area contributed by atoms with Crippen molar-refractivity contribution in [3.05, 3.63) is 27.7 Å². The summed E-state index contributed by atoms with van der Waals surface area (Å²) in [6.45, 7) is 3.09. The van der Waals surface area contributed by atoms with Gasteiger partial charge in [0.1, 0.15) is 5.75 Å². The fourth-order valence-corrected chi connectivity index (χ4v) is 2.83. The lowest BCUT2D eigenvalue weighted by Crippen LogP contribution is -2.42. The fourth-order valence-electron chi connectivity index (χ4n) is 2.06. The van der Waals surface area contributed by atoms with Crippen LogP contribution in [0.5, 0.6) is 5.75 Å². The summed E-state index contributed by atoms with van der Waals surface area (Å²) in [6, 6.07) is 5.12. The van der Waals surface area contributed by atoms with Crippen molar-refractivity contribution < 1.29 is 14.3 Å². The molecule has 1 aromatic rings. The Hall–Kier alpha value is -1.27. The first kappa shape index (κ1) is 16.1. The zero-order chi connectivity index (χ0) is 15.4. The number of ether oxygens (including phenoxy) is 1. The molecule has 0 bridgehead atoms. The molecular weight excluding hydrogens is 360 g/mol. The monoisotopic (exact) mass is 374 g/mol. The van der Waals surface area contributed by atoms with Crippen molar-refractivity contribution in [2.45, 2.75) is 19.4 Å². The van der Waals surface area contributed by atoms with E-state index in [9.17, 15) is 9.59 Å². The van der Waals surface area contributed by atoms with Gasteiger partial charge in [0, 0.05) is 31.1 Å². The van der Waals surface area contributed by atoms with Gasteiger partial charge < -0.3 is 15.0 Å². The summed E-state index contributed by atoms with van der Waals surface area (Å²) < 4.78 is 6.38. The van der Waals surface area contributed by atoms with Gasteiger partial charge in [0.05, 0.1) is 4.47 Å². The van der Waals surface area contributed by atoms with E-state index in [1.165, 1.54) is 0 Å². The van der Waals surface area contributed by atoms with E-state index < -0.39 is 6.10 Å². The normalized spacial score (nSPS) is 16.9. The molecule has 0 aromatic heterocycles. The van der Waals surface area contributed by atoms with Crippen LogP contribution in [-0.4, -0.2) is 42.5 Å². The van der Waals surface area contributed by atoms with E-state index >= 15 is 0 Å². The van der Waals surface area contributed by atoms with Gasteiger partial charge in [-0.25, -0.2) is 0 Å². The fraction of sp³-hybridized carbons (Fsp3) is 0.429. The molecule has 1 aliphatic heterocycles. The average molecular weight is 376 g/mol. The maximum atomic E-state index is 12.4. The second kappa shape index (κ2) is 7.13. The third kappa shape index (κ3) is 4.35. The van der Waals surface area contributed by atoms with E-state index in [2.05, 4.69) is 21.2 Å². The van der Waals surface area contributed by atoms with Crippen LogP contribution in [0.3, 0.4) is 0 Å². The lowest BCUT2D eigenvalue weighted by Gasteiger charge is -2.24. The van der Waals surface area contributed by atoms with Crippen LogP contribution in [0.4, 0.5) is 0 Å². The largest absolute Gasteiger partial charge is 0.480 e. The van der Waals surface area contributed by atoms with Crippen LogP contribution >= 0.6 is 27.5 Å². The van der Waals surface area contributed by atoms with Crippen molar-refractivity contribution >= 4 is 39.3 Å². The topological polar surface area (TPSA) is 58.6 Å². The van der Waals surface area contributed by atoms with Crippen LogP contribution in [0.25, 0.3) is 0 Å². The molecule has 0 radical (unpaired) electrons. The van der Waals surface area contributed by atoms with Crippen molar-refractivity contribution in [2.75, 3.05) is 19.6 Å². The van der Waals surface area contributed by atoms with Crippen molar-refractivity contribution in [3.63, 3.8) is 0 Å². The van der Waals surface area contributed by atoms with Gasteiger partial charge in [0.15, 0.2) is 6.10 Å². The van der Waals surface area contributed by atoms with E-state index in [1.54, 1.807) is 30.0 Å². The number of carbonyl (C=O) groups is 2. The number of carbonyl (C=O) groups excluding carboxylic acids is 2. The van der Waals surface area contributed by atoms with Crippen molar-refractivity contribution in [1.82, 2.24) is 10.2 Å². The Morgan fingerprint density at radius 2 is 2.24 bits per heavy atom. The minimum absolute atomic E-state index is 0.0284. The number of nitrogens with one attached hydrogen (secondary N) is 1. The number of halogens is 2. The number of hydrogen-bond acceptors (Lipinski definition) is 3. The first-order valence-electron chi connectivity index (χ1n) is 6.64. The van der Waals surface area contributed by atoms with Crippen molar-refractivity contribution in [2.24, 2.45) is 0 Å². The highest BCUT2D eigenvalue weighted by Crippen LogP contribution is 2.29. The Morgan fingerprint density at radius 1 is 1.48 bits per heavy atom. The van der Waals surface area contributed by atoms with Crippen LogP contribution < -0.4 is 10.1 Å². The second-order valence-electron chi connectivity index (χ2n) is 4.76. The molecule has 1 fully saturated rings. The van der Waals surface area contributed by atoms with E-state index in [4.69, 9.17) is 16.3 Å². The predicted octanol–water partition coefficient (Wildman–Crippen LogP) is 2.22. The molecule has 1 heterocycles. The molecule has 5 nitrogen and oxygen atoms in total. The molecule has 1 N–H and O–H groups in total. The quantitative estimate of drug-likeness (QED) is 0.881. The highest BCUT2D eigenvalue weighted by atomic mass is 79.9. The zero-order valence-electron chi connectivity index (χ0n) is 11.6. The Labute approximate surface area is 136 Å². The highest BCUT2D eigenvalue weighted by molar-refractivity contribution is 9.10. The van der Waals surface area contributed by atoms with Crippen LogP contribution in [0.2, 0.25) is 5.02 Å². The summed E-state index contributed by atoms with van der Waals surface area (Å²) in [5.41, 5.74) is 0. The van der Waals surface area contributed by atoms with Gasteiger partial charge in [-0.3, -0.25) is 9.59 Å². The van der Waals surface area contributed by atoms with Gasteiger partial charge in [-0.1, -0.05) is 11.6 Å². The predicted molar refractivity (Wildman–Crippen MR) is 83.4 cm³/mol. The van der Waals surface area contributed by atoms with Gasteiger partial charge in [0.2, 0.25) is 5.91 Å². The lowest BCUT2D eigenvalue weighted by molar-refractivity contribution is -0.137. The molecule has 0 saturated carbocycles. The van der Waals surface area contributed by atoms with Gasteiger partial charge in [0.25, 0.3) is 5.91 Å². The second-order valence-corrected chi connectivity index (χ2v) is 6.05. The molecule has 2 amide bonds. The van der Waals surface area contributed by atoms with Gasteiger partial charge in [-0.2, -0.15) is 0 Å². The first-order valence-corrected chi connectivity index (χ1v) is 7.81. The number of hydrogen-bond donors (Lipinski definition) is 1. The molecule has 0 spiro atoms. The SMILES string of the molecule is CC(Oc1ccc(Cl)cc1Br)C(=O)N1CCNC(=O)CC1. The van der Waals surface area contributed by atoms with Crippen molar-refractivity contribution in [1.29, 1.82) is 0 Å². The molecule has 21 heavy (non-hydrogen) atoms. The molecule has 1 unspecified atom stereocenters. The molecular formula is C14H16BrClN2O3. The molecule has 114 valence electrons. The van der Waals surface area contributed by atoms with E-state index in [-0.39, 0.29) is 11.8 Å². The van der Waals surface area contributed by atoms with E-state index in [0.29, 0.717) is 41.3 Å². The minimum Gasteiger partial charge on any atom is -0.480 e. The Balaban J connectivity index is 2.00. The van der Waals surface area contributed by atoms with E-state index in [0.717, 1.165) is 0 Å². The van der Waals surface area contributed by atoms with Gasteiger partial charge >= 0.3 is 0 Å². The Bertz CT molecular complexity index is 553. The van der Waals surface area contributed by atoms with Crippen LogP contribution in [0.1, 0.15) is 13.3 Å². The zero-order valence-corrected chi connectivity index (χ0v) is 13.9. The molecule has 0 aliphatic carbocycles. The first-order chi connectivity index (χ1) is 9.97. The van der Waals surface area contributed by atoms with Crippen LogP contribution in [-0.2, 0) is 9.59 Å². The Morgan fingerprint density at radius 3 is 2.95 bits per heavy atom. The number of rotatable bonds is 3. The summed E-state index contributed by atoms with van der Waals surface area (Å²) in [4.78, 5) is 25.3. The Kier molecular flexibility index (Phi) is 5.47. The highest BCUT2D eigenvalue weighted by Gasteiger charge is 2.24. The summed E-state index contributed by atoms with van der Waals surface area (Å²) in [7, 11) is 0. The molecule has 2 rings (SSSR count). The van der Waals surface area contributed by atoms with Gasteiger partial charge in [-0.15, -0.1) is 0 Å². The standard InChI is InChI=1S/C14H16BrClN2O3/c1-9(21-12-3-2-10(16)8-11(12)15)14(20)18-6-4-13(19)17-5-7-18/h2-3,8-9H,4-7H2,1H3,(H,17,19). The molecule has 1 aliphatic rings. The van der Waals surface area contributed by atoms with Gasteiger partial charge in [-0.05, 0) is 41.1 Å². The molecule has 7 heteroatoms. The van der Waals surface area contributed by atoms with Crippen LogP contribution in [0.15, 0.2) is 22.7 Å². The summed E-state index contributed by atoms with van der Waals surface area (Å²) in [5.74, 6) is 0.400. The third-order valence-corrected chi connectivity index (χ3v) is 4.02. The molecule has 1 aromatic carbocycles. The summed E-state index contributed by atoms with van der Waals surface area (Å²) in [5, 5.41) is 3.33. The summed E-state index contributed by atoms with van der Waals surface area (Å²) in [6.07, 6.45) is -0.306. The minimum atomic E-state index is -0.629. The molecule has 1 atom stereocenters. The summed E-state index contributed by atoms with van der Waals surface area (Å²) >= 11 is 9.22. The lowest BCUT2D eigenvalue weighted by atomic mass is 10.3. The molecule has 1 saturated heterocycles. The average Bonchev–Trinajstić information content (AvgIpc) is 2.66. The van der Waals surface area contributed by atoms with E-state index in [1.807, 2.05) is 0 Å². The number of amides is 2. The maximum absolute atomic E-state index is 12.4. The van der Waals surface area contributed by atoms with Crippen molar-refractivity contribution in [3.8, 4) is 5.75 Å². The smallest absolute Gasteiger partial charge is 0.263 e. The maximum Gasteiger partial charge on any atom is 0.263 e. The third-order valence-electron chi connectivity index (χ3n) is 3.17. The number of nitrogens with zero attached hydrogens (tertiary/aromatic N) is 1. The number of benzene rings is 1.